The van der Waals surface area contributed by atoms with Crippen LogP contribution < -0.4 is 5.73 Å². The first-order valence-corrected chi connectivity index (χ1v) is 7.15. The first kappa shape index (κ1) is 13.6. The highest BCUT2D eigenvalue weighted by Gasteiger charge is 2.22. The number of nitrogens with zero attached hydrogens (tertiary/aromatic N) is 2. The maximum Gasteiger partial charge on any atom is 0.0352 e. The number of rotatable bonds is 4. The Morgan fingerprint density at radius 3 is 2.89 bits per heavy atom. The maximum atomic E-state index is 6.21. The minimum absolute atomic E-state index is 0.261. The molecule has 1 aliphatic carbocycles. The van der Waals surface area contributed by atoms with Crippen LogP contribution in [0.5, 0.6) is 0 Å². The summed E-state index contributed by atoms with van der Waals surface area (Å²) in [6, 6.07) is 3.17. The lowest BCUT2D eigenvalue weighted by Gasteiger charge is -2.24. The van der Waals surface area contributed by atoms with Crippen molar-refractivity contribution in [3.05, 3.63) is 23.0 Å². The van der Waals surface area contributed by atoms with Gasteiger partial charge in [0.2, 0.25) is 0 Å². The van der Waals surface area contributed by atoms with Crippen LogP contribution in [0.4, 0.5) is 0 Å². The van der Waals surface area contributed by atoms with Crippen LogP contribution in [0.1, 0.15) is 49.7 Å². The zero-order valence-electron chi connectivity index (χ0n) is 12.2. The third kappa shape index (κ3) is 2.62. The van der Waals surface area contributed by atoms with Gasteiger partial charge < -0.3 is 15.2 Å². The number of fused-ring (bicyclic) bond motifs is 1. The Morgan fingerprint density at radius 2 is 2.22 bits per heavy atom. The minimum atomic E-state index is 0.261. The number of hydrogen-bond acceptors (Lipinski definition) is 2. The lowest BCUT2D eigenvalue weighted by molar-refractivity contribution is 0.261. The van der Waals surface area contributed by atoms with Gasteiger partial charge in [0.25, 0.3) is 0 Å². The van der Waals surface area contributed by atoms with E-state index in [2.05, 4.69) is 43.4 Å². The zero-order chi connectivity index (χ0) is 13.3. The molecule has 1 unspecified atom stereocenters. The Hall–Kier alpha value is -0.800. The van der Waals surface area contributed by atoms with Gasteiger partial charge in [0, 0.05) is 36.6 Å². The number of likely N-dealkylation sites (N-methyl/N-ethyl adjacent to an activating group) is 1. The Balaban J connectivity index is 2.13. The van der Waals surface area contributed by atoms with E-state index in [1.807, 2.05) is 0 Å². The molecule has 0 amide bonds. The van der Waals surface area contributed by atoms with Gasteiger partial charge in [-0.25, -0.2) is 0 Å². The molecule has 1 aromatic heterocycles. The van der Waals surface area contributed by atoms with Crippen LogP contribution in [0.2, 0.25) is 0 Å². The summed E-state index contributed by atoms with van der Waals surface area (Å²) in [6.07, 6.45) is 3.57. The Labute approximate surface area is 111 Å². The van der Waals surface area contributed by atoms with Crippen molar-refractivity contribution in [2.45, 2.75) is 58.7 Å². The van der Waals surface area contributed by atoms with E-state index in [4.69, 9.17) is 5.73 Å². The van der Waals surface area contributed by atoms with Gasteiger partial charge in [0.05, 0.1) is 0 Å². The molecule has 1 aliphatic rings. The van der Waals surface area contributed by atoms with E-state index in [0.29, 0.717) is 6.04 Å². The van der Waals surface area contributed by atoms with Gasteiger partial charge in [-0.1, -0.05) is 0 Å². The average Bonchev–Trinajstić information content (AvgIpc) is 2.64. The molecule has 0 bridgehead atoms. The van der Waals surface area contributed by atoms with Crippen molar-refractivity contribution in [1.82, 2.24) is 9.47 Å². The summed E-state index contributed by atoms with van der Waals surface area (Å²) in [6.45, 7) is 8.89. The van der Waals surface area contributed by atoms with Gasteiger partial charge in [0.15, 0.2) is 0 Å². The fourth-order valence-electron chi connectivity index (χ4n) is 2.83. The Morgan fingerprint density at radius 1 is 1.50 bits per heavy atom. The van der Waals surface area contributed by atoms with E-state index in [1.54, 1.807) is 0 Å². The summed E-state index contributed by atoms with van der Waals surface area (Å²) >= 11 is 0. The summed E-state index contributed by atoms with van der Waals surface area (Å²) in [4.78, 5) is 2.40. The lowest BCUT2D eigenvalue weighted by Crippen LogP contribution is -2.30. The minimum Gasteiger partial charge on any atom is -0.347 e. The molecule has 1 heterocycles. The van der Waals surface area contributed by atoms with Crippen molar-refractivity contribution < 1.29 is 0 Å². The second kappa shape index (κ2) is 5.45. The van der Waals surface area contributed by atoms with Crippen molar-refractivity contribution in [3.63, 3.8) is 0 Å². The molecule has 3 heteroatoms. The third-order valence-electron chi connectivity index (χ3n) is 4.34. The topological polar surface area (TPSA) is 34.2 Å². The first-order chi connectivity index (χ1) is 8.50. The molecule has 0 spiro atoms. The second-order valence-corrected chi connectivity index (χ2v) is 5.91. The van der Waals surface area contributed by atoms with Crippen LogP contribution >= 0.6 is 0 Å². The molecule has 0 fully saturated rings. The Bertz CT molecular complexity index is 406. The van der Waals surface area contributed by atoms with Crippen molar-refractivity contribution >= 4 is 0 Å². The predicted octanol–water partition coefficient (Wildman–Crippen LogP) is 2.47. The number of aryl methyl sites for hydroxylation is 1. The standard InChI is InChI=1S/C15H27N3/c1-11(2)17(4)8-9-18-12(3)10-13-14(16)6-5-7-15(13)18/h10-11,14H,5-9,16H2,1-4H3. The monoisotopic (exact) mass is 249 g/mol. The SMILES string of the molecule is Cc1cc2c(n1CCN(C)C(C)C)CCCC2N. The van der Waals surface area contributed by atoms with Crippen LogP contribution in [0, 0.1) is 6.92 Å². The highest BCUT2D eigenvalue weighted by molar-refractivity contribution is 5.32. The molecule has 1 aromatic rings. The predicted molar refractivity (Wildman–Crippen MR) is 76.8 cm³/mol. The molecular formula is C15H27N3. The van der Waals surface area contributed by atoms with Crippen LogP contribution in [-0.2, 0) is 13.0 Å². The second-order valence-electron chi connectivity index (χ2n) is 5.91. The molecule has 0 radical (unpaired) electrons. The molecule has 102 valence electrons. The zero-order valence-corrected chi connectivity index (χ0v) is 12.2. The summed E-state index contributed by atoms with van der Waals surface area (Å²) in [7, 11) is 2.20. The molecule has 0 aliphatic heterocycles. The first-order valence-electron chi connectivity index (χ1n) is 7.15. The van der Waals surface area contributed by atoms with E-state index in [1.165, 1.54) is 29.8 Å². The van der Waals surface area contributed by atoms with Crippen LogP contribution in [-0.4, -0.2) is 29.1 Å². The number of nitrogens with two attached hydrogens (primary N) is 1. The fraction of sp³-hybridized carbons (Fsp3) is 0.733. The highest BCUT2D eigenvalue weighted by Crippen LogP contribution is 2.30. The lowest BCUT2D eigenvalue weighted by atomic mass is 9.93. The Kier molecular flexibility index (Phi) is 4.13. The van der Waals surface area contributed by atoms with E-state index < -0.39 is 0 Å². The van der Waals surface area contributed by atoms with Crippen LogP contribution in [0.25, 0.3) is 0 Å². The van der Waals surface area contributed by atoms with E-state index in [9.17, 15) is 0 Å². The molecule has 0 aromatic carbocycles. The molecular weight excluding hydrogens is 222 g/mol. The average molecular weight is 249 g/mol. The van der Waals surface area contributed by atoms with Gasteiger partial charge in [0.1, 0.15) is 0 Å². The van der Waals surface area contributed by atoms with Crippen molar-refractivity contribution in [2.75, 3.05) is 13.6 Å². The molecule has 18 heavy (non-hydrogen) atoms. The molecule has 1 atom stereocenters. The smallest absolute Gasteiger partial charge is 0.0352 e. The summed E-state index contributed by atoms with van der Waals surface area (Å²) in [5.74, 6) is 0. The van der Waals surface area contributed by atoms with Gasteiger partial charge in [-0.15, -0.1) is 0 Å². The molecule has 2 N–H and O–H groups in total. The summed E-state index contributed by atoms with van der Waals surface area (Å²) in [5.41, 5.74) is 10.5. The van der Waals surface area contributed by atoms with Crippen LogP contribution in [0.15, 0.2) is 6.07 Å². The molecule has 2 rings (SSSR count). The van der Waals surface area contributed by atoms with E-state index in [-0.39, 0.29) is 6.04 Å². The molecule has 0 saturated carbocycles. The molecule has 3 nitrogen and oxygen atoms in total. The van der Waals surface area contributed by atoms with Crippen molar-refractivity contribution in [1.29, 1.82) is 0 Å². The van der Waals surface area contributed by atoms with Gasteiger partial charge in [-0.2, -0.15) is 0 Å². The fourth-order valence-corrected chi connectivity index (χ4v) is 2.83. The van der Waals surface area contributed by atoms with Crippen LogP contribution in [0.3, 0.4) is 0 Å². The highest BCUT2D eigenvalue weighted by atomic mass is 15.1. The number of hydrogen-bond donors (Lipinski definition) is 1. The largest absolute Gasteiger partial charge is 0.347 e. The maximum absolute atomic E-state index is 6.21. The molecule has 0 saturated heterocycles. The van der Waals surface area contributed by atoms with Crippen molar-refractivity contribution in [3.8, 4) is 0 Å². The quantitative estimate of drug-likeness (QED) is 0.889. The van der Waals surface area contributed by atoms with Crippen molar-refractivity contribution in [2.24, 2.45) is 5.73 Å². The third-order valence-corrected chi connectivity index (χ3v) is 4.34. The summed E-state index contributed by atoms with van der Waals surface area (Å²) < 4.78 is 2.48. The van der Waals surface area contributed by atoms with Gasteiger partial charge >= 0.3 is 0 Å². The van der Waals surface area contributed by atoms with Gasteiger partial charge in [-0.3, -0.25) is 0 Å². The van der Waals surface area contributed by atoms with E-state index >= 15 is 0 Å². The summed E-state index contributed by atoms with van der Waals surface area (Å²) in [5, 5.41) is 0. The van der Waals surface area contributed by atoms with E-state index in [0.717, 1.165) is 19.5 Å². The number of aromatic nitrogens is 1. The normalized spacial score (nSPS) is 19.6. The van der Waals surface area contributed by atoms with Gasteiger partial charge in [-0.05, 0) is 58.7 Å².